The summed E-state index contributed by atoms with van der Waals surface area (Å²) in [6.07, 6.45) is 4.75. The van der Waals surface area contributed by atoms with Gasteiger partial charge in [0, 0.05) is 17.1 Å². The van der Waals surface area contributed by atoms with Gasteiger partial charge in [0.25, 0.3) is 0 Å². The van der Waals surface area contributed by atoms with E-state index in [2.05, 4.69) is 6.92 Å². The maximum Gasteiger partial charge on any atom is 0.0956 e. The van der Waals surface area contributed by atoms with E-state index in [1.54, 1.807) is 6.26 Å². The van der Waals surface area contributed by atoms with Crippen LogP contribution in [0.5, 0.6) is 0 Å². The van der Waals surface area contributed by atoms with E-state index in [1.807, 2.05) is 0 Å². The van der Waals surface area contributed by atoms with Crippen molar-refractivity contribution in [2.24, 2.45) is 0 Å². The molecule has 0 radical (unpaired) electrons. The molecule has 0 aromatic heterocycles. The summed E-state index contributed by atoms with van der Waals surface area (Å²) in [6.45, 7) is 2.14. The number of rotatable bonds is 4. The molecule has 0 spiro atoms. The first-order valence-corrected chi connectivity index (χ1v) is 5.42. The fraction of sp³-hybridized carbons (Fsp3) is 1.00. The van der Waals surface area contributed by atoms with Gasteiger partial charge in [-0.25, -0.2) is 0 Å². The summed E-state index contributed by atoms with van der Waals surface area (Å²) in [5.41, 5.74) is 0. The topological polar surface area (TPSA) is 29.6 Å². The van der Waals surface area contributed by atoms with Crippen LogP contribution in [0.4, 0.5) is 0 Å². The van der Waals surface area contributed by atoms with E-state index in [4.69, 9.17) is 4.74 Å². The van der Waals surface area contributed by atoms with Gasteiger partial charge < -0.3 is 4.74 Å². The summed E-state index contributed by atoms with van der Waals surface area (Å²) in [7, 11) is -0.682. The van der Waals surface area contributed by atoms with E-state index >= 15 is 0 Å². The Morgan fingerprint density at radius 3 is 2.70 bits per heavy atom. The van der Waals surface area contributed by atoms with Crippen LogP contribution in [0.1, 0.15) is 19.8 Å². The van der Waals surface area contributed by atoms with Crippen LogP contribution in [0, 0.1) is 0 Å². The van der Waals surface area contributed by atoms with Gasteiger partial charge in [0.05, 0.1) is 18.0 Å². The summed E-state index contributed by atoms with van der Waals surface area (Å²) in [5, 5.41) is 0. The Labute approximate surface area is 64.4 Å². The minimum atomic E-state index is -0.682. The fourth-order valence-corrected chi connectivity index (χ4v) is 1.85. The minimum Gasteiger partial charge on any atom is -0.369 e. The van der Waals surface area contributed by atoms with Crippen molar-refractivity contribution in [3.63, 3.8) is 0 Å². The van der Waals surface area contributed by atoms with Crippen molar-refractivity contribution in [3.8, 4) is 0 Å². The van der Waals surface area contributed by atoms with Gasteiger partial charge in [-0.2, -0.15) is 0 Å². The molecule has 1 aliphatic heterocycles. The number of hydrogen-bond donors (Lipinski definition) is 0. The average molecular weight is 162 g/mol. The lowest BCUT2D eigenvalue weighted by Gasteiger charge is -1.88. The largest absolute Gasteiger partial charge is 0.369 e. The molecule has 3 heteroatoms. The van der Waals surface area contributed by atoms with Gasteiger partial charge in [-0.15, -0.1) is 0 Å². The first-order valence-electron chi connectivity index (χ1n) is 3.69. The minimum absolute atomic E-state index is 0.311. The Morgan fingerprint density at radius 2 is 2.20 bits per heavy atom. The van der Waals surface area contributed by atoms with Gasteiger partial charge in [-0.3, -0.25) is 4.21 Å². The van der Waals surface area contributed by atoms with Gasteiger partial charge in [-0.1, -0.05) is 13.3 Å². The smallest absolute Gasteiger partial charge is 0.0956 e. The molecule has 2 nitrogen and oxygen atoms in total. The molecule has 1 rings (SSSR count). The van der Waals surface area contributed by atoms with Gasteiger partial charge in [-0.05, 0) is 6.42 Å². The van der Waals surface area contributed by atoms with E-state index in [1.165, 1.54) is 0 Å². The van der Waals surface area contributed by atoms with Crippen molar-refractivity contribution in [2.75, 3.05) is 12.0 Å². The van der Waals surface area contributed by atoms with Crippen LogP contribution in [0.25, 0.3) is 0 Å². The lowest BCUT2D eigenvalue weighted by Crippen LogP contribution is -2.04. The third-order valence-electron chi connectivity index (χ3n) is 1.66. The molecule has 0 aromatic carbocycles. The molecule has 1 fully saturated rings. The van der Waals surface area contributed by atoms with E-state index in [9.17, 15) is 4.21 Å². The molecule has 60 valence electrons. The summed E-state index contributed by atoms with van der Waals surface area (Å²) in [6, 6.07) is 0. The molecule has 0 N–H and O–H groups in total. The Morgan fingerprint density at radius 1 is 1.50 bits per heavy atom. The van der Waals surface area contributed by atoms with Crippen LogP contribution >= 0.6 is 0 Å². The van der Waals surface area contributed by atoms with Crippen molar-refractivity contribution in [3.05, 3.63) is 0 Å². The SMILES string of the molecule is CCC[C@@H]1O[C@H]1CS(C)=O. The number of ether oxygens (including phenoxy) is 1. The summed E-state index contributed by atoms with van der Waals surface area (Å²) >= 11 is 0. The van der Waals surface area contributed by atoms with E-state index in [0.29, 0.717) is 12.2 Å². The van der Waals surface area contributed by atoms with Gasteiger partial charge in [0.1, 0.15) is 0 Å². The van der Waals surface area contributed by atoms with Gasteiger partial charge in [0.15, 0.2) is 0 Å². The van der Waals surface area contributed by atoms with Crippen LogP contribution < -0.4 is 0 Å². The number of epoxide rings is 1. The molecular weight excluding hydrogens is 148 g/mol. The first-order chi connectivity index (χ1) is 4.74. The monoisotopic (exact) mass is 162 g/mol. The van der Waals surface area contributed by atoms with Crippen molar-refractivity contribution >= 4 is 10.8 Å². The Balaban J connectivity index is 2.07. The second kappa shape index (κ2) is 3.49. The third-order valence-corrected chi connectivity index (χ3v) is 2.46. The number of hydrogen-bond acceptors (Lipinski definition) is 2. The molecular formula is C7H14O2S. The Bertz CT molecular complexity index is 136. The molecule has 0 amide bonds. The van der Waals surface area contributed by atoms with E-state index < -0.39 is 10.8 Å². The maximum absolute atomic E-state index is 10.7. The summed E-state index contributed by atoms with van der Waals surface area (Å²) < 4.78 is 16.0. The Kier molecular flexibility index (Phi) is 2.86. The van der Waals surface area contributed by atoms with E-state index in [-0.39, 0.29) is 0 Å². The van der Waals surface area contributed by atoms with Crippen molar-refractivity contribution in [1.82, 2.24) is 0 Å². The highest BCUT2D eigenvalue weighted by molar-refractivity contribution is 7.84. The zero-order valence-electron chi connectivity index (χ0n) is 6.50. The highest BCUT2D eigenvalue weighted by Gasteiger charge is 2.37. The zero-order valence-corrected chi connectivity index (χ0v) is 7.32. The van der Waals surface area contributed by atoms with Crippen LogP contribution in [0.15, 0.2) is 0 Å². The van der Waals surface area contributed by atoms with Crippen molar-refractivity contribution < 1.29 is 8.95 Å². The summed E-state index contributed by atoms with van der Waals surface area (Å²) in [5.74, 6) is 0.727. The zero-order chi connectivity index (χ0) is 7.56. The lowest BCUT2D eigenvalue weighted by atomic mass is 10.2. The van der Waals surface area contributed by atoms with Crippen molar-refractivity contribution in [1.29, 1.82) is 0 Å². The molecule has 1 heterocycles. The molecule has 0 aliphatic carbocycles. The standard InChI is InChI=1S/C7H14O2S/c1-3-4-6-7(9-6)5-10(2)8/h6-7H,3-5H2,1-2H3/t6-,7-,10?/m0/s1. The predicted molar refractivity (Wildman–Crippen MR) is 42.5 cm³/mol. The normalized spacial score (nSPS) is 33.8. The summed E-state index contributed by atoms with van der Waals surface area (Å²) in [4.78, 5) is 0. The predicted octanol–water partition coefficient (Wildman–Crippen LogP) is 0.932. The molecule has 1 unspecified atom stereocenters. The Hall–Kier alpha value is 0.110. The second-order valence-corrected chi connectivity index (χ2v) is 4.22. The molecule has 0 aromatic rings. The highest BCUT2D eigenvalue weighted by atomic mass is 32.2. The van der Waals surface area contributed by atoms with Crippen LogP contribution in [0.2, 0.25) is 0 Å². The van der Waals surface area contributed by atoms with Gasteiger partial charge >= 0.3 is 0 Å². The lowest BCUT2D eigenvalue weighted by molar-refractivity contribution is 0.370. The van der Waals surface area contributed by atoms with E-state index in [0.717, 1.165) is 18.6 Å². The highest BCUT2D eigenvalue weighted by Crippen LogP contribution is 2.26. The molecule has 0 bridgehead atoms. The van der Waals surface area contributed by atoms with Crippen LogP contribution in [0.3, 0.4) is 0 Å². The molecule has 1 saturated heterocycles. The quantitative estimate of drug-likeness (QED) is 0.576. The molecule has 1 aliphatic rings. The third kappa shape index (κ3) is 2.39. The van der Waals surface area contributed by atoms with Crippen LogP contribution in [-0.4, -0.2) is 28.4 Å². The fourth-order valence-electron chi connectivity index (χ4n) is 1.10. The molecule has 10 heavy (non-hydrogen) atoms. The second-order valence-electron chi connectivity index (χ2n) is 2.74. The maximum atomic E-state index is 10.7. The average Bonchev–Trinajstić information content (AvgIpc) is 2.47. The van der Waals surface area contributed by atoms with Crippen molar-refractivity contribution in [2.45, 2.75) is 32.0 Å². The van der Waals surface area contributed by atoms with Crippen LogP contribution in [-0.2, 0) is 15.5 Å². The molecule has 0 saturated carbocycles. The first kappa shape index (κ1) is 8.21. The molecule has 3 atom stereocenters. The van der Waals surface area contributed by atoms with Gasteiger partial charge in [0.2, 0.25) is 0 Å².